The van der Waals surface area contributed by atoms with Crippen LogP contribution in [0.5, 0.6) is 0 Å². The fourth-order valence-electron chi connectivity index (χ4n) is 1.73. The monoisotopic (exact) mass is 308 g/mol. The minimum Gasteiger partial charge on any atom is -0.444 e. The van der Waals surface area contributed by atoms with E-state index in [4.69, 9.17) is 10.5 Å². The van der Waals surface area contributed by atoms with Gasteiger partial charge in [0.05, 0.1) is 11.4 Å². The number of anilines is 2. The molecule has 21 heavy (non-hydrogen) atoms. The van der Waals surface area contributed by atoms with E-state index in [1.54, 1.807) is 20.8 Å². The lowest BCUT2D eigenvalue weighted by Crippen LogP contribution is -2.27. The van der Waals surface area contributed by atoms with E-state index in [1.165, 1.54) is 23.5 Å². The Morgan fingerprint density at radius 3 is 2.67 bits per heavy atom. The van der Waals surface area contributed by atoms with Gasteiger partial charge < -0.3 is 10.5 Å². The number of benzene rings is 1. The van der Waals surface area contributed by atoms with E-state index in [0.29, 0.717) is 5.56 Å². The summed E-state index contributed by atoms with van der Waals surface area (Å²) in [6.07, 6.45) is -0.669. The molecule has 0 aliphatic carbocycles. The summed E-state index contributed by atoms with van der Waals surface area (Å²) in [7, 11) is 0. The smallest absolute Gasteiger partial charge is 0.412 e. The maximum absolute atomic E-state index is 14.1. The first-order chi connectivity index (χ1) is 9.76. The van der Waals surface area contributed by atoms with Crippen LogP contribution in [0.4, 0.5) is 20.6 Å². The molecule has 0 radical (unpaired) electrons. The van der Waals surface area contributed by atoms with Crippen LogP contribution in [-0.4, -0.2) is 11.7 Å². The van der Waals surface area contributed by atoms with Crippen molar-refractivity contribution < 1.29 is 13.9 Å². The van der Waals surface area contributed by atoms with E-state index in [2.05, 4.69) is 5.32 Å². The molecule has 0 saturated heterocycles. The van der Waals surface area contributed by atoms with Crippen molar-refractivity contribution in [1.82, 2.24) is 0 Å². The summed E-state index contributed by atoms with van der Waals surface area (Å²) >= 11 is 1.42. The van der Waals surface area contributed by atoms with Gasteiger partial charge in [0.2, 0.25) is 0 Å². The molecule has 1 amide bonds. The number of amides is 1. The summed E-state index contributed by atoms with van der Waals surface area (Å²) in [5.74, 6) is -0.447. The maximum Gasteiger partial charge on any atom is 0.412 e. The minimum atomic E-state index is -0.669. The third-order valence-corrected chi connectivity index (χ3v) is 3.46. The van der Waals surface area contributed by atoms with E-state index >= 15 is 0 Å². The SMILES string of the molecule is CC(C)(C)OC(=O)Nc1cc(F)c(-c2cccs2)cc1N. The van der Waals surface area contributed by atoms with Crippen molar-refractivity contribution in [1.29, 1.82) is 0 Å². The molecule has 0 spiro atoms. The van der Waals surface area contributed by atoms with Crippen LogP contribution in [0.2, 0.25) is 0 Å². The Morgan fingerprint density at radius 1 is 1.38 bits per heavy atom. The normalized spacial score (nSPS) is 11.2. The van der Waals surface area contributed by atoms with Gasteiger partial charge in [0, 0.05) is 16.5 Å². The maximum atomic E-state index is 14.1. The molecule has 2 aromatic rings. The first-order valence-electron chi connectivity index (χ1n) is 6.39. The number of halogens is 1. The number of nitrogen functional groups attached to an aromatic ring is 1. The Morgan fingerprint density at radius 2 is 2.10 bits per heavy atom. The van der Waals surface area contributed by atoms with Gasteiger partial charge in [-0.05, 0) is 38.3 Å². The van der Waals surface area contributed by atoms with Crippen molar-refractivity contribution in [3.8, 4) is 10.4 Å². The van der Waals surface area contributed by atoms with E-state index in [0.717, 1.165) is 4.88 Å². The first kappa shape index (κ1) is 15.3. The molecule has 0 atom stereocenters. The number of nitrogens with one attached hydrogen (secondary N) is 1. The molecule has 2 rings (SSSR count). The Kier molecular flexibility index (Phi) is 4.18. The Labute approximate surface area is 126 Å². The van der Waals surface area contributed by atoms with Gasteiger partial charge in [-0.3, -0.25) is 5.32 Å². The number of carbonyl (C=O) groups excluding carboxylic acids is 1. The quantitative estimate of drug-likeness (QED) is 0.804. The number of ether oxygens (including phenoxy) is 1. The number of thiophene rings is 1. The van der Waals surface area contributed by atoms with Gasteiger partial charge in [0.15, 0.2) is 0 Å². The van der Waals surface area contributed by atoms with Gasteiger partial charge in [0.25, 0.3) is 0 Å². The van der Waals surface area contributed by atoms with Gasteiger partial charge in [-0.15, -0.1) is 11.3 Å². The molecule has 112 valence electrons. The van der Waals surface area contributed by atoms with Crippen LogP contribution >= 0.6 is 11.3 Å². The van der Waals surface area contributed by atoms with Crippen molar-refractivity contribution >= 4 is 28.8 Å². The molecule has 0 saturated carbocycles. The fourth-order valence-corrected chi connectivity index (χ4v) is 2.48. The molecule has 1 aromatic heterocycles. The van der Waals surface area contributed by atoms with E-state index in [9.17, 15) is 9.18 Å². The molecule has 0 fully saturated rings. The van der Waals surface area contributed by atoms with Crippen LogP contribution in [0, 0.1) is 5.82 Å². The zero-order valence-electron chi connectivity index (χ0n) is 12.1. The minimum absolute atomic E-state index is 0.196. The highest BCUT2D eigenvalue weighted by molar-refractivity contribution is 7.13. The zero-order valence-corrected chi connectivity index (χ0v) is 12.9. The summed E-state index contributed by atoms with van der Waals surface area (Å²) in [5, 5.41) is 4.32. The number of carbonyl (C=O) groups is 1. The summed E-state index contributed by atoms with van der Waals surface area (Å²) < 4.78 is 19.3. The molecule has 0 aliphatic rings. The average Bonchev–Trinajstić information content (AvgIpc) is 2.84. The molecule has 0 bridgehead atoms. The summed E-state index contributed by atoms with van der Waals surface area (Å²) in [5.41, 5.74) is 6.14. The highest BCUT2D eigenvalue weighted by Gasteiger charge is 2.18. The summed E-state index contributed by atoms with van der Waals surface area (Å²) in [4.78, 5) is 12.5. The van der Waals surface area contributed by atoms with Crippen LogP contribution in [0.1, 0.15) is 20.8 Å². The second kappa shape index (κ2) is 5.73. The van der Waals surface area contributed by atoms with E-state index < -0.39 is 17.5 Å². The van der Waals surface area contributed by atoms with Gasteiger partial charge in [-0.2, -0.15) is 0 Å². The second-order valence-corrected chi connectivity index (χ2v) is 6.47. The molecule has 0 aliphatic heterocycles. The molecule has 0 unspecified atom stereocenters. The molecule has 6 heteroatoms. The number of rotatable bonds is 2. The largest absolute Gasteiger partial charge is 0.444 e. The molecule has 1 aromatic carbocycles. The average molecular weight is 308 g/mol. The van der Waals surface area contributed by atoms with Crippen molar-refractivity contribution in [2.75, 3.05) is 11.1 Å². The van der Waals surface area contributed by atoms with Gasteiger partial charge in [0.1, 0.15) is 11.4 Å². The van der Waals surface area contributed by atoms with Crippen molar-refractivity contribution in [2.24, 2.45) is 0 Å². The second-order valence-electron chi connectivity index (χ2n) is 5.52. The number of nitrogens with two attached hydrogens (primary N) is 1. The third-order valence-electron chi connectivity index (χ3n) is 2.56. The Bertz CT molecular complexity index is 648. The van der Waals surface area contributed by atoms with Crippen LogP contribution in [0.25, 0.3) is 10.4 Å². The molecule has 1 heterocycles. The van der Waals surface area contributed by atoms with Crippen LogP contribution in [0.15, 0.2) is 29.6 Å². The number of hydrogen-bond acceptors (Lipinski definition) is 4. The number of hydrogen-bond donors (Lipinski definition) is 2. The topological polar surface area (TPSA) is 64.3 Å². The van der Waals surface area contributed by atoms with Gasteiger partial charge in [-0.25, -0.2) is 9.18 Å². The van der Waals surface area contributed by atoms with Gasteiger partial charge >= 0.3 is 6.09 Å². The van der Waals surface area contributed by atoms with Crippen molar-refractivity contribution in [3.63, 3.8) is 0 Å². The van der Waals surface area contributed by atoms with Crippen LogP contribution in [-0.2, 0) is 4.74 Å². The van der Waals surface area contributed by atoms with Crippen LogP contribution < -0.4 is 11.1 Å². The molecule has 3 N–H and O–H groups in total. The third kappa shape index (κ3) is 3.95. The predicted octanol–water partition coefficient (Wildman–Crippen LogP) is 4.48. The Hall–Kier alpha value is -2.08. The van der Waals surface area contributed by atoms with Crippen molar-refractivity contribution in [3.05, 3.63) is 35.5 Å². The zero-order chi connectivity index (χ0) is 15.6. The highest BCUT2D eigenvalue weighted by atomic mass is 32.1. The summed E-state index contributed by atoms with van der Waals surface area (Å²) in [6, 6.07) is 6.36. The highest BCUT2D eigenvalue weighted by Crippen LogP contribution is 2.32. The summed E-state index contributed by atoms with van der Waals surface area (Å²) in [6.45, 7) is 5.24. The lowest BCUT2D eigenvalue weighted by molar-refractivity contribution is 0.0636. The molecular formula is C15H17FN2O2S. The van der Waals surface area contributed by atoms with E-state index in [-0.39, 0.29) is 11.4 Å². The fraction of sp³-hybridized carbons (Fsp3) is 0.267. The van der Waals surface area contributed by atoms with E-state index in [1.807, 2.05) is 17.5 Å². The van der Waals surface area contributed by atoms with Crippen LogP contribution in [0.3, 0.4) is 0 Å². The molecule has 4 nitrogen and oxygen atoms in total. The molecular weight excluding hydrogens is 291 g/mol. The lowest BCUT2D eigenvalue weighted by atomic mass is 10.1. The predicted molar refractivity (Wildman–Crippen MR) is 84.0 cm³/mol. The Balaban J connectivity index is 2.23. The first-order valence-corrected chi connectivity index (χ1v) is 7.27. The lowest BCUT2D eigenvalue weighted by Gasteiger charge is -2.20. The van der Waals surface area contributed by atoms with Gasteiger partial charge in [-0.1, -0.05) is 6.07 Å². The standard InChI is InChI=1S/C15H17FN2O2S/c1-15(2,3)20-14(19)18-12-8-10(16)9(7-11(12)17)13-5-4-6-21-13/h4-8H,17H2,1-3H3,(H,18,19). The van der Waals surface area contributed by atoms with Crippen molar-refractivity contribution in [2.45, 2.75) is 26.4 Å².